The van der Waals surface area contributed by atoms with E-state index in [0.717, 1.165) is 18.8 Å². The molecule has 4 aliphatic carbocycles. The van der Waals surface area contributed by atoms with Gasteiger partial charge in [-0.3, -0.25) is 9.59 Å². The lowest BCUT2D eigenvalue weighted by atomic mass is 9.43. The van der Waals surface area contributed by atoms with Crippen molar-refractivity contribution in [1.29, 1.82) is 0 Å². The standard InChI is InChI=1S/C26H42O3/c1-16-10-12-25(3)18(14-16)15-22(27)24-20-8-7-19(17(2)6-9-23(28)29-5)26(20,4)13-11-21(24)25/h16-21,24H,6-15H2,1-5H3/t16-,17-,18?,19-,20?,21?,24?,25+,26-/m1/s1. The number of rotatable bonds is 4. The Kier molecular flexibility index (Phi) is 5.66. The van der Waals surface area contributed by atoms with Crippen molar-refractivity contribution >= 4 is 11.8 Å². The Labute approximate surface area is 177 Å². The summed E-state index contributed by atoms with van der Waals surface area (Å²) in [6.45, 7) is 9.74. The zero-order valence-electron chi connectivity index (χ0n) is 19.3. The average Bonchev–Trinajstić information content (AvgIpc) is 3.04. The maximum absolute atomic E-state index is 13.5. The molecule has 4 rings (SSSR count). The Morgan fingerprint density at radius 2 is 1.79 bits per heavy atom. The second-order valence-corrected chi connectivity index (χ2v) is 11.8. The molecule has 4 saturated carbocycles. The first-order chi connectivity index (χ1) is 13.7. The van der Waals surface area contributed by atoms with E-state index in [0.29, 0.717) is 53.1 Å². The molecule has 0 bridgehead atoms. The molecule has 3 heteroatoms. The Morgan fingerprint density at radius 1 is 1.10 bits per heavy atom. The minimum atomic E-state index is -0.0896. The van der Waals surface area contributed by atoms with Crippen molar-refractivity contribution in [2.45, 2.75) is 91.9 Å². The first kappa shape index (κ1) is 21.4. The first-order valence-corrected chi connectivity index (χ1v) is 12.3. The zero-order valence-corrected chi connectivity index (χ0v) is 19.3. The zero-order chi connectivity index (χ0) is 21.0. The second-order valence-electron chi connectivity index (χ2n) is 11.8. The smallest absolute Gasteiger partial charge is 0.305 e. The lowest BCUT2D eigenvalue weighted by Crippen LogP contribution is -2.57. The van der Waals surface area contributed by atoms with Crippen LogP contribution in [0.5, 0.6) is 0 Å². The minimum Gasteiger partial charge on any atom is -0.469 e. The molecule has 0 saturated heterocycles. The fraction of sp³-hybridized carbons (Fsp3) is 0.923. The van der Waals surface area contributed by atoms with Gasteiger partial charge in [-0.1, -0.05) is 34.1 Å². The fourth-order valence-corrected chi connectivity index (χ4v) is 8.77. The number of fused-ring (bicyclic) bond motifs is 5. The molecule has 0 amide bonds. The summed E-state index contributed by atoms with van der Waals surface area (Å²) < 4.78 is 4.87. The molecule has 3 nitrogen and oxygen atoms in total. The Bertz CT molecular complexity index is 656. The predicted octanol–water partition coefficient (Wildman–Crippen LogP) is 6.05. The topological polar surface area (TPSA) is 43.4 Å². The van der Waals surface area contributed by atoms with E-state index in [1.807, 2.05) is 0 Å². The lowest BCUT2D eigenvalue weighted by molar-refractivity contribution is -0.158. The van der Waals surface area contributed by atoms with Crippen LogP contribution in [0.25, 0.3) is 0 Å². The van der Waals surface area contributed by atoms with Gasteiger partial charge in [-0.25, -0.2) is 0 Å². The van der Waals surface area contributed by atoms with Crippen LogP contribution in [0.2, 0.25) is 0 Å². The highest BCUT2D eigenvalue weighted by Crippen LogP contribution is 2.67. The van der Waals surface area contributed by atoms with Crippen LogP contribution in [0.4, 0.5) is 0 Å². The van der Waals surface area contributed by atoms with Crippen LogP contribution in [0.3, 0.4) is 0 Å². The quantitative estimate of drug-likeness (QED) is 0.538. The second kappa shape index (κ2) is 7.68. The summed E-state index contributed by atoms with van der Waals surface area (Å²) in [6, 6.07) is 0. The molecule has 4 unspecified atom stereocenters. The molecular formula is C26H42O3. The average molecular weight is 403 g/mol. The molecule has 4 aliphatic rings. The summed E-state index contributed by atoms with van der Waals surface area (Å²) >= 11 is 0. The van der Waals surface area contributed by atoms with Gasteiger partial charge in [-0.2, -0.15) is 0 Å². The van der Waals surface area contributed by atoms with Crippen LogP contribution >= 0.6 is 0 Å². The normalized spacial score (nSPS) is 47.7. The molecule has 0 aromatic carbocycles. The van der Waals surface area contributed by atoms with Gasteiger partial charge in [0.1, 0.15) is 5.78 Å². The largest absolute Gasteiger partial charge is 0.469 e. The predicted molar refractivity (Wildman–Crippen MR) is 115 cm³/mol. The van der Waals surface area contributed by atoms with E-state index >= 15 is 0 Å². The number of esters is 1. The molecule has 0 spiro atoms. The maximum Gasteiger partial charge on any atom is 0.305 e. The van der Waals surface area contributed by atoms with Crippen LogP contribution in [0.15, 0.2) is 0 Å². The van der Waals surface area contributed by atoms with Crippen LogP contribution in [0.1, 0.15) is 91.9 Å². The van der Waals surface area contributed by atoms with E-state index < -0.39 is 0 Å². The van der Waals surface area contributed by atoms with Gasteiger partial charge in [-0.05, 0) is 91.3 Å². The first-order valence-electron chi connectivity index (χ1n) is 12.3. The highest BCUT2D eigenvalue weighted by Gasteiger charge is 2.62. The highest BCUT2D eigenvalue weighted by atomic mass is 16.5. The molecule has 0 aromatic heterocycles. The third kappa shape index (κ3) is 3.39. The van der Waals surface area contributed by atoms with E-state index in [-0.39, 0.29) is 11.4 Å². The summed E-state index contributed by atoms with van der Waals surface area (Å²) in [7, 11) is 1.48. The van der Waals surface area contributed by atoms with Gasteiger partial charge in [0.05, 0.1) is 7.11 Å². The van der Waals surface area contributed by atoms with Crippen molar-refractivity contribution in [3.63, 3.8) is 0 Å². The SMILES string of the molecule is COC(=O)CC[C@@H](C)[C@H]1CCC2C3C(=O)CC4C[C@H](C)CC[C@]4(C)C3CC[C@@]21C. The molecule has 0 aliphatic heterocycles. The van der Waals surface area contributed by atoms with Gasteiger partial charge in [0.15, 0.2) is 0 Å². The number of carbonyl (C=O) groups excluding carboxylic acids is 2. The third-order valence-electron chi connectivity index (χ3n) is 10.5. The number of Topliss-reactive ketones (excluding diaryl/α,β-unsaturated/α-hetero) is 1. The van der Waals surface area contributed by atoms with Gasteiger partial charge in [0.25, 0.3) is 0 Å². The van der Waals surface area contributed by atoms with Gasteiger partial charge in [0.2, 0.25) is 0 Å². The molecule has 0 heterocycles. The monoisotopic (exact) mass is 402 g/mol. The van der Waals surface area contributed by atoms with Crippen molar-refractivity contribution in [3.8, 4) is 0 Å². The Hall–Kier alpha value is -0.860. The molecule has 4 fully saturated rings. The number of hydrogen-bond donors (Lipinski definition) is 0. The Morgan fingerprint density at radius 3 is 2.52 bits per heavy atom. The van der Waals surface area contributed by atoms with Crippen molar-refractivity contribution in [2.75, 3.05) is 7.11 Å². The number of hydrogen-bond acceptors (Lipinski definition) is 3. The molecule has 29 heavy (non-hydrogen) atoms. The van der Waals surface area contributed by atoms with E-state index in [9.17, 15) is 9.59 Å². The summed E-state index contributed by atoms with van der Waals surface area (Å²) in [4.78, 5) is 25.1. The highest BCUT2D eigenvalue weighted by molar-refractivity contribution is 5.83. The van der Waals surface area contributed by atoms with Crippen molar-refractivity contribution in [2.24, 2.45) is 52.3 Å². The summed E-state index contributed by atoms with van der Waals surface area (Å²) in [5, 5.41) is 0. The van der Waals surface area contributed by atoms with E-state index in [1.54, 1.807) is 0 Å². The number of ether oxygens (including phenoxy) is 1. The van der Waals surface area contributed by atoms with Gasteiger partial charge < -0.3 is 4.74 Å². The third-order valence-corrected chi connectivity index (χ3v) is 10.5. The number of carbonyl (C=O) groups is 2. The maximum atomic E-state index is 13.5. The van der Waals surface area contributed by atoms with Crippen molar-refractivity contribution in [1.82, 2.24) is 0 Å². The van der Waals surface area contributed by atoms with Gasteiger partial charge in [-0.15, -0.1) is 0 Å². The molecule has 0 N–H and O–H groups in total. The van der Waals surface area contributed by atoms with E-state index in [1.165, 1.54) is 52.1 Å². The molecule has 9 atom stereocenters. The number of methoxy groups -OCH3 is 1. The minimum absolute atomic E-state index is 0.0896. The molecule has 164 valence electrons. The molecular weight excluding hydrogens is 360 g/mol. The van der Waals surface area contributed by atoms with Crippen LogP contribution < -0.4 is 0 Å². The van der Waals surface area contributed by atoms with Crippen LogP contribution in [-0.4, -0.2) is 18.9 Å². The van der Waals surface area contributed by atoms with E-state index in [4.69, 9.17) is 4.74 Å². The molecule has 0 radical (unpaired) electrons. The number of ketones is 1. The van der Waals surface area contributed by atoms with Crippen LogP contribution in [-0.2, 0) is 14.3 Å². The van der Waals surface area contributed by atoms with Crippen molar-refractivity contribution in [3.05, 3.63) is 0 Å². The van der Waals surface area contributed by atoms with Gasteiger partial charge >= 0.3 is 5.97 Å². The fourth-order valence-electron chi connectivity index (χ4n) is 8.77. The summed E-state index contributed by atoms with van der Waals surface area (Å²) in [5.41, 5.74) is 0.665. The van der Waals surface area contributed by atoms with Gasteiger partial charge in [0, 0.05) is 18.8 Å². The van der Waals surface area contributed by atoms with Crippen molar-refractivity contribution < 1.29 is 14.3 Å². The lowest BCUT2D eigenvalue weighted by Gasteiger charge is -2.60. The van der Waals surface area contributed by atoms with Crippen LogP contribution in [0, 0.1) is 52.3 Å². The summed E-state index contributed by atoms with van der Waals surface area (Å²) in [6.07, 6.45) is 11.2. The van der Waals surface area contributed by atoms with E-state index in [2.05, 4.69) is 27.7 Å². The Balaban J connectivity index is 1.53. The summed E-state index contributed by atoms with van der Waals surface area (Å²) in [5.74, 6) is 4.58. The molecule has 0 aromatic rings.